The first kappa shape index (κ1) is 18.4. The van der Waals surface area contributed by atoms with E-state index in [2.05, 4.69) is 10.2 Å². The van der Waals surface area contributed by atoms with E-state index in [1.54, 1.807) is 6.92 Å². The molecule has 0 radical (unpaired) electrons. The van der Waals surface area contributed by atoms with Gasteiger partial charge in [-0.25, -0.2) is 9.59 Å². The normalized spacial score (nSPS) is 15.0. The molecule has 1 aliphatic heterocycles. The highest BCUT2D eigenvalue weighted by Gasteiger charge is 2.27. The van der Waals surface area contributed by atoms with Crippen LogP contribution in [0.5, 0.6) is 0 Å². The highest BCUT2D eigenvalue weighted by Crippen LogP contribution is 2.34. The van der Waals surface area contributed by atoms with Crippen molar-refractivity contribution in [1.29, 1.82) is 0 Å². The lowest BCUT2D eigenvalue weighted by molar-refractivity contribution is -0.117. The lowest BCUT2D eigenvalue weighted by atomic mass is 10.1. The smallest absolute Gasteiger partial charge is 0.348 e. The highest BCUT2D eigenvalue weighted by atomic mass is 32.1. The van der Waals surface area contributed by atoms with E-state index in [1.165, 1.54) is 20.6 Å². The lowest BCUT2D eigenvalue weighted by Crippen LogP contribution is -2.36. The average Bonchev–Trinajstić information content (AvgIpc) is 2.90. The third-order valence-corrected chi connectivity index (χ3v) is 5.16. The van der Waals surface area contributed by atoms with Gasteiger partial charge in [0.25, 0.3) is 0 Å². The number of esters is 2. The van der Waals surface area contributed by atoms with Crippen LogP contribution in [0.1, 0.15) is 44.9 Å². The molecule has 1 aliphatic rings. The topological polar surface area (TPSA) is 84.9 Å². The van der Waals surface area contributed by atoms with E-state index in [9.17, 15) is 14.4 Å². The summed E-state index contributed by atoms with van der Waals surface area (Å²) in [5, 5.41) is 3.06. The number of thiophene rings is 1. The van der Waals surface area contributed by atoms with E-state index in [-0.39, 0.29) is 22.9 Å². The van der Waals surface area contributed by atoms with Crippen molar-refractivity contribution >= 4 is 34.2 Å². The molecule has 8 heteroatoms. The SMILES string of the molecule is COC(=O)c1sc(NC(=O)CN2CCCCC2)c(C(=O)OC)c1C. The summed E-state index contributed by atoms with van der Waals surface area (Å²) < 4.78 is 9.49. The predicted octanol–water partition coefficient (Wildman–Crippen LogP) is 2.05. The van der Waals surface area contributed by atoms with Crippen LogP contribution >= 0.6 is 11.3 Å². The van der Waals surface area contributed by atoms with Crippen LogP contribution in [0.3, 0.4) is 0 Å². The largest absolute Gasteiger partial charge is 0.465 e. The fourth-order valence-electron chi connectivity index (χ4n) is 2.72. The van der Waals surface area contributed by atoms with E-state index in [1.807, 2.05) is 0 Å². The van der Waals surface area contributed by atoms with E-state index in [4.69, 9.17) is 9.47 Å². The second-order valence-corrected chi connectivity index (χ2v) is 6.65. The molecule has 0 unspecified atom stereocenters. The average molecular weight is 354 g/mol. The molecular weight excluding hydrogens is 332 g/mol. The van der Waals surface area contributed by atoms with Gasteiger partial charge in [-0.1, -0.05) is 6.42 Å². The lowest BCUT2D eigenvalue weighted by Gasteiger charge is -2.25. The third-order valence-electron chi connectivity index (χ3n) is 3.98. The zero-order valence-electron chi connectivity index (χ0n) is 14.1. The Bertz CT molecular complexity index is 635. The van der Waals surface area contributed by atoms with Crippen molar-refractivity contribution in [3.05, 3.63) is 16.0 Å². The number of amides is 1. The molecule has 132 valence electrons. The number of nitrogens with zero attached hydrogens (tertiary/aromatic N) is 1. The number of ether oxygens (including phenoxy) is 2. The Morgan fingerprint density at radius 3 is 2.29 bits per heavy atom. The first-order valence-electron chi connectivity index (χ1n) is 7.80. The van der Waals surface area contributed by atoms with Gasteiger partial charge in [0.1, 0.15) is 9.88 Å². The van der Waals surface area contributed by atoms with E-state index in [0.29, 0.717) is 10.6 Å². The van der Waals surface area contributed by atoms with Crippen molar-refractivity contribution in [3.8, 4) is 0 Å². The minimum absolute atomic E-state index is 0.204. The second kappa shape index (κ2) is 8.25. The van der Waals surface area contributed by atoms with Crippen molar-refractivity contribution < 1.29 is 23.9 Å². The van der Waals surface area contributed by atoms with Crippen molar-refractivity contribution in [2.24, 2.45) is 0 Å². The van der Waals surface area contributed by atoms with Crippen molar-refractivity contribution in [3.63, 3.8) is 0 Å². The fourth-order valence-corrected chi connectivity index (χ4v) is 3.85. The van der Waals surface area contributed by atoms with Crippen LogP contribution in [-0.2, 0) is 14.3 Å². The molecule has 1 fully saturated rings. The van der Waals surface area contributed by atoms with E-state index in [0.717, 1.165) is 37.3 Å². The maximum absolute atomic E-state index is 12.3. The Labute approximate surface area is 144 Å². The number of piperidine rings is 1. The molecule has 0 aliphatic carbocycles. The molecule has 1 saturated heterocycles. The number of hydrogen-bond donors (Lipinski definition) is 1. The number of rotatable bonds is 5. The number of hydrogen-bond acceptors (Lipinski definition) is 7. The maximum atomic E-state index is 12.3. The summed E-state index contributed by atoms with van der Waals surface area (Å²) in [7, 11) is 2.53. The van der Waals surface area contributed by atoms with Gasteiger partial charge in [-0.2, -0.15) is 0 Å². The molecule has 0 spiro atoms. The summed E-state index contributed by atoms with van der Waals surface area (Å²) >= 11 is 1.03. The van der Waals surface area contributed by atoms with Crippen LogP contribution < -0.4 is 5.32 Å². The zero-order chi connectivity index (χ0) is 17.7. The number of methoxy groups -OCH3 is 2. The number of carbonyl (C=O) groups excluding carboxylic acids is 3. The van der Waals surface area contributed by atoms with Gasteiger partial charge in [-0.3, -0.25) is 9.69 Å². The number of carbonyl (C=O) groups is 3. The summed E-state index contributed by atoms with van der Waals surface area (Å²) in [4.78, 5) is 38.5. The zero-order valence-corrected chi connectivity index (χ0v) is 15.0. The Morgan fingerprint density at radius 1 is 1.08 bits per heavy atom. The van der Waals surface area contributed by atoms with Crippen LogP contribution in [0, 0.1) is 6.92 Å². The summed E-state index contributed by atoms with van der Waals surface area (Å²) in [5.74, 6) is -1.34. The molecule has 1 amide bonds. The van der Waals surface area contributed by atoms with Crippen molar-refractivity contribution in [1.82, 2.24) is 4.90 Å². The van der Waals surface area contributed by atoms with Gasteiger partial charge in [0.05, 0.1) is 26.3 Å². The summed E-state index contributed by atoms with van der Waals surface area (Å²) in [6.45, 7) is 3.70. The third kappa shape index (κ3) is 4.12. The summed E-state index contributed by atoms with van der Waals surface area (Å²) in [6.07, 6.45) is 3.37. The molecule has 0 atom stereocenters. The minimum Gasteiger partial charge on any atom is -0.465 e. The Morgan fingerprint density at radius 2 is 1.71 bits per heavy atom. The van der Waals surface area contributed by atoms with Crippen LogP contribution in [-0.4, -0.2) is 56.6 Å². The molecule has 2 heterocycles. The number of nitrogens with one attached hydrogen (secondary N) is 1. The van der Waals surface area contributed by atoms with Gasteiger partial charge in [-0.05, 0) is 38.4 Å². The molecule has 2 rings (SSSR count). The van der Waals surface area contributed by atoms with Crippen LogP contribution in [0.4, 0.5) is 5.00 Å². The van der Waals surface area contributed by atoms with Gasteiger partial charge in [-0.15, -0.1) is 11.3 Å². The quantitative estimate of drug-likeness (QED) is 0.815. The molecule has 0 bridgehead atoms. The molecule has 1 aromatic rings. The summed E-state index contributed by atoms with van der Waals surface area (Å²) in [5.41, 5.74) is 0.655. The molecule has 0 saturated carbocycles. The molecular formula is C16H22N2O5S. The van der Waals surface area contributed by atoms with Gasteiger partial charge in [0.15, 0.2) is 0 Å². The molecule has 24 heavy (non-hydrogen) atoms. The van der Waals surface area contributed by atoms with Crippen molar-refractivity contribution in [2.45, 2.75) is 26.2 Å². The molecule has 1 N–H and O–H groups in total. The first-order valence-corrected chi connectivity index (χ1v) is 8.61. The number of likely N-dealkylation sites (tertiary alicyclic amines) is 1. The van der Waals surface area contributed by atoms with Crippen LogP contribution in [0.25, 0.3) is 0 Å². The second-order valence-electron chi connectivity index (χ2n) is 5.63. The van der Waals surface area contributed by atoms with Crippen molar-refractivity contribution in [2.75, 3.05) is 39.2 Å². The molecule has 7 nitrogen and oxygen atoms in total. The number of anilines is 1. The Kier molecular flexibility index (Phi) is 6.33. The van der Waals surface area contributed by atoms with Crippen LogP contribution in [0.15, 0.2) is 0 Å². The van der Waals surface area contributed by atoms with Gasteiger partial charge in [0.2, 0.25) is 5.91 Å². The predicted molar refractivity (Wildman–Crippen MR) is 90.7 cm³/mol. The van der Waals surface area contributed by atoms with E-state index >= 15 is 0 Å². The van der Waals surface area contributed by atoms with Gasteiger partial charge in [0, 0.05) is 0 Å². The standard InChI is InChI=1S/C16H22N2O5S/c1-10-12(15(20)22-2)14(24-13(10)16(21)23-3)17-11(19)9-18-7-5-4-6-8-18/h4-9H2,1-3H3,(H,17,19). The monoisotopic (exact) mass is 354 g/mol. The van der Waals surface area contributed by atoms with Gasteiger partial charge >= 0.3 is 11.9 Å². The Hall–Kier alpha value is -1.93. The molecule has 0 aromatic carbocycles. The van der Waals surface area contributed by atoms with E-state index < -0.39 is 11.9 Å². The molecule has 1 aromatic heterocycles. The summed E-state index contributed by atoms with van der Waals surface area (Å²) in [6, 6.07) is 0. The van der Waals surface area contributed by atoms with Crippen LogP contribution in [0.2, 0.25) is 0 Å². The highest BCUT2D eigenvalue weighted by molar-refractivity contribution is 7.18. The fraction of sp³-hybridized carbons (Fsp3) is 0.562. The minimum atomic E-state index is -0.591. The van der Waals surface area contributed by atoms with Gasteiger partial charge < -0.3 is 14.8 Å². The first-order chi connectivity index (χ1) is 11.5. The maximum Gasteiger partial charge on any atom is 0.348 e. The Balaban J connectivity index is 2.19.